The molecule has 2 saturated heterocycles. The molecule has 0 N–H and O–H groups in total. The van der Waals surface area contributed by atoms with Crippen molar-refractivity contribution in [1.82, 2.24) is 15.0 Å². The standard InChI is InChI=1S/C14H21N3O3/c1-18-8-14-7-17(4-11(14)6-19-9-14)5-12-15-13(16-20-12)10-2-3-10/h10-11H,2-9H2,1H3/t11-,14-/m0/s1. The fourth-order valence-electron chi connectivity index (χ4n) is 3.59. The van der Waals surface area contributed by atoms with Crippen LogP contribution in [-0.4, -0.2) is 55.1 Å². The number of ether oxygens (including phenoxy) is 2. The number of likely N-dealkylation sites (tertiary alicyclic amines) is 1. The molecule has 1 aromatic heterocycles. The Bertz CT molecular complexity index is 488. The molecule has 4 rings (SSSR count). The fraction of sp³-hybridized carbons (Fsp3) is 0.857. The van der Waals surface area contributed by atoms with E-state index in [-0.39, 0.29) is 5.41 Å². The molecule has 0 aromatic carbocycles. The summed E-state index contributed by atoms with van der Waals surface area (Å²) >= 11 is 0. The zero-order chi connectivity index (χ0) is 13.6. The second-order valence-electron chi connectivity index (χ2n) is 6.50. The molecule has 3 heterocycles. The molecule has 2 aliphatic heterocycles. The fourth-order valence-corrected chi connectivity index (χ4v) is 3.59. The van der Waals surface area contributed by atoms with Crippen LogP contribution in [0.2, 0.25) is 0 Å². The van der Waals surface area contributed by atoms with Gasteiger partial charge in [-0.15, -0.1) is 0 Å². The summed E-state index contributed by atoms with van der Waals surface area (Å²) in [7, 11) is 1.77. The van der Waals surface area contributed by atoms with Gasteiger partial charge < -0.3 is 14.0 Å². The molecule has 20 heavy (non-hydrogen) atoms. The Morgan fingerprint density at radius 3 is 3.15 bits per heavy atom. The zero-order valence-electron chi connectivity index (χ0n) is 11.9. The summed E-state index contributed by atoms with van der Waals surface area (Å²) in [5.74, 6) is 2.77. The minimum Gasteiger partial charge on any atom is -0.384 e. The number of methoxy groups -OCH3 is 1. The second kappa shape index (κ2) is 4.79. The van der Waals surface area contributed by atoms with E-state index >= 15 is 0 Å². The van der Waals surface area contributed by atoms with E-state index < -0.39 is 0 Å². The number of hydrogen-bond donors (Lipinski definition) is 0. The van der Waals surface area contributed by atoms with Crippen molar-refractivity contribution < 1.29 is 14.0 Å². The molecule has 0 radical (unpaired) electrons. The van der Waals surface area contributed by atoms with E-state index in [2.05, 4.69) is 15.0 Å². The monoisotopic (exact) mass is 279 g/mol. The molecule has 1 saturated carbocycles. The van der Waals surface area contributed by atoms with Crippen molar-refractivity contribution in [2.45, 2.75) is 25.3 Å². The van der Waals surface area contributed by atoms with Crippen LogP contribution in [0.4, 0.5) is 0 Å². The number of fused-ring (bicyclic) bond motifs is 1. The topological polar surface area (TPSA) is 60.6 Å². The van der Waals surface area contributed by atoms with Gasteiger partial charge in [0.25, 0.3) is 0 Å². The number of hydrogen-bond acceptors (Lipinski definition) is 6. The number of rotatable bonds is 5. The summed E-state index contributed by atoms with van der Waals surface area (Å²) in [6.45, 7) is 5.19. The molecule has 0 spiro atoms. The third-order valence-electron chi connectivity index (χ3n) is 4.81. The lowest BCUT2D eigenvalue weighted by molar-refractivity contribution is 0.0522. The number of aromatic nitrogens is 2. The Morgan fingerprint density at radius 2 is 2.35 bits per heavy atom. The molecule has 3 fully saturated rings. The van der Waals surface area contributed by atoms with Crippen LogP contribution >= 0.6 is 0 Å². The van der Waals surface area contributed by atoms with Gasteiger partial charge in [0, 0.05) is 37.5 Å². The highest BCUT2D eigenvalue weighted by atomic mass is 16.5. The second-order valence-corrected chi connectivity index (χ2v) is 6.50. The molecular weight excluding hydrogens is 258 g/mol. The van der Waals surface area contributed by atoms with Crippen LogP contribution in [0.3, 0.4) is 0 Å². The maximum Gasteiger partial charge on any atom is 0.240 e. The average Bonchev–Trinajstić information content (AvgIpc) is 2.91. The smallest absolute Gasteiger partial charge is 0.240 e. The van der Waals surface area contributed by atoms with Crippen LogP contribution in [0.15, 0.2) is 4.52 Å². The molecule has 0 unspecified atom stereocenters. The Hall–Kier alpha value is -0.980. The largest absolute Gasteiger partial charge is 0.384 e. The van der Waals surface area contributed by atoms with Crippen LogP contribution in [-0.2, 0) is 16.0 Å². The highest BCUT2D eigenvalue weighted by Gasteiger charge is 2.50. The molecule has 3 aliphatic rings. The van der Waals surface area contributed by atoms with Gasteiger partial charge in [0.05, 0.1) is 26.4 Å². The van der Waals surface area contributed by atoms with Crippen molar-refractivity contribution in [3.8, 4) is 0 Å². The van der Waals surface area contributed by atoms with Crippen molar-refractivity contribution in [3.05, 3.63) is 11.7 Å². The van der Waals surface area contributed by atoms with Crippen LogP contribution in [0.25, 0.3) is 0 Å². The Balaban J connectivity index is 1.42. The van der Waals surface area contributed by atoms with E-state index in [1.807, 2.05) is 0 Å². The van der Waals surface area contributed by atoms with E-state index in [0.29, 0.717) is 11.8 Å². The van der Waals surface area contributed by atoms with Crippen molar-refractivity contribution in [1.29, 1.82) is 0 Å². The summed E-state index contributed by atoms with van der Waals surface area (Å²) < 4.78 is 16.4. The van der Waals surface area contributed by atoms with Gasteiger partial charge in [0.1, 0.15) is 0 Å². The first-order valence-corrected chi connectivity index (χ1v) is 7.41. The Labute approximate surface area is 118 Å². The summed E-state index contributed by atoms with van der Waals surface area (Å²) in [6.07, 6.45) is 2.41. The summed E-state index contributed by atoms with van der Waals surface area (Å²) in [6, 6.07) is 0. The van der Waals surface area contributed by atoms with Crippen molar-refractivity contribution in [3.63, 3.8) is 0 Å². The van der Waals surface area contributed by atoms with Crippen LogP contribution in [0, 0.1) is 11.3 Å². The van der Waals surface area contributed by atoms with Crippen LogP contribution in [0.1, 0.15) is 30.5 Å². The molecule has 0 amide bonds. The molecular formula is C14H21N3O3. The predicted octanol–water partition coefficient (Wildman–Crippen LogP) is 1.04. The van der Waals surface area contributed by atoms with E-state index in [0.717, 1.165) is 51.2 Å². The van der Waals surface area contributed by atoms with Gasteiger partial charge in [-0.3, -0.25) is 4.90 Å². The summed E-state index contributed by atoms with van der Waals surface area (Å²) in [4.78, 5) is 6.92. The van der Waals surface area contributed by atoms with Crippen molar-refractivity contribution >= 4 is 0 Å². The summed E-state index contributed by atoms with van der Waals surface area (Å²) in [5.41, 5.74) is 0.161. The number of nitrogens with zero attached hydrogens (tertiary/aromatic N) is 3. The third-order valence-corrected chi connectivity index (χ3v) is 4.81. The lowest BCUT2D eigenvalue weighted by Gasteiger charge is -2.25. The van der Waals surface area contributed by atoms with E-state index in [4.69, 9.17) is 14.0 Å². The average molecular weight is 279 g/mol. The van der Waals surface area contributed by atoms with E-state index in [9.17, 15) is 0 Å². The maximum absolute atomic E-state index is 5.65. The first kappa shape index (κ1) is 12.7. The van der Waals surface area contributed by atoms with Crippen molar-refractivity contribution in [2.75, 3.05) is 40.0 Å². The van der Waals surface area contributed by atoms with Crippen LogP contribution < -0.4 is 0 Å². The quantitative estimate of drug-likeness (QED) is 0.802. The first-order chi connectivity index (χ1) is 9.79. The lowest BCUT2D eigenvalue weighted by atomic mass is 9.82. The van der Waals surface area contributed by atoms with Crippen molar-refractivity contribution in [2.24, 2.45) is 11.3 Å². The minimum atomic E-state index is 0.161. The molecule has 1 aliphatic carbocycles. The normalized spacial score (nSPS) is 33.8. The van der Waals surface area contributed by atoms with Gasteiger partial charge in [-0.25, -0.2) is 0 Å². The van der Waals surface area contributed by atoms with Gasteiger partial charge in [-0.2, -0.15) is 4.98 Å². The van der Waals surface area contributed by atoms with E-state index in [1.54, 1.807) is 7.11 Å². The predicted molar refractivity (Wildman–Crippen MR) is 70.2 cm³/mol. The van der Waals surface area contributed by atoms with Gasteiger partial charge in [-0.1, -0.05) is 5.16 Å². The first-order valence-electron chi connectivity index (χ1n) is 7.41. The highest BCUT2D eigenvalue weighted by Crippen LogP contribution is 2.42. The van der Waals surface area contributed by atoms with E-state index in [1.165, 1.54) is 12.8 Å². The molecule has 1 aromatic rings. The van der Waals surface area contributed by atoms with Crippen LogP contribution in [0.5, 0.6) is 0 Å². The zero-order valence-corrected chi connectivity index (χ0v) is 11.9. The molecule has 2 atom stereocenters. The maximum atomic E-state index is 5.65. The lowest BCUT2D eigenvalue weighted by Crippen LogP contribution is -2.35. The highest BCUT2D eigenvalue weighted by molar-refractivity contribution is 5.04. The molecule has 6 heteroatoms. The third kappa shape index (κ3) is 2.16. The summed E-state index contributed by atoms with van der Waals surface area (Å²) in [5, 5.41) is 4.08. The SMILES string of the molecule is COC[C@@]12COC[C@@H]1CN(Cc1nc(C3CC3)no1)C2. The molecule has 0 bridgehead atoms. The van der Waals surface area contributed by atoms with Gasteiger partial charge in [0.15, 0.2) is 5.82 Å². The Kier molecular flexibility index (Phi) is 3.05. The van der Waals surface area contributed by atoms with Gasteiger partial charge in [0.2, 0.25) is 5.89 Å². The van der Waals surface area contributed by atoms with Gasteiger partial charge >= 0.3 is 0 Å². The minimum absolute atomic E-state index is 0.161. The molecule has 110 valence electrons. The molecule has 6 nitrogen and oxygen atoms in total. The van der Waals surface area contributed by atoms with Gasteiger partial charge in [-0.05, 0) is 12.8 Å². The Morgan fingerprint density at radius 1 is 1.45 bits per heavy atom.